The molecule has 0 saturated heterocycles. The van der Waals surface area contributed by atoms with Gasteiger partial charge in [0.1, 0.15) is 12.4 Å². The van der Waals surface area contributed by atoms with Crippen LogP contribution in [0.25, 0.3) is 5.70 Å². The van der Waals surface area contributed by atoms with Crippen LogP contribution in [0.15, 0.2) is 88.0 Å². The number of allylic oxidation sites excluding steroid dienone is 2. The fourth-order valence-corrected chi connectivity index (χ4v) is 5.24. The second kappa shape index (κ2) is 9.36. The van der Waals surface area contributed by atoms with Gasteiger partial charge in [-0.3, -0.25) is 4.79 Å². The van der Waals surface area contributed by atoms with Gasteiger partial charge in [0.15, 0.2) is 5.78 Å². The topological polar surface area (TPSA) is 64.6 Å². The number of fused-ring (bicyclic) bond motifs is 2. The quantitative estimate of drug-likeness (QED) is 0.371. The molecule has 3 aromatic carbocycles. The molecule has 0 amide bonds. The van der Waals surface area contributed by atoms with Crippen LogP contribution in [0.4, 0.5) is 0 Å². The van der Waals surface area contributed by atoms with Gasteiger partial charge in [0.2, 0.25) is 0 Å². The smallest absolute Gasteiger partial charge is 0.336 e. The molecule has 0 bridgehead atoms. The predicted octanol–water partition coefficient (Wildman–Crippen LogP) is 6.42. The number of ether oxygens (including phenoxy) is 2. The lowest BCUT2D eigenvalue weighted by Crippen LogP contribution is -2.29. The van der Waals surface area contributed by atoms with Gasteiger partial charge in [0, 0.05) is 43.0 Å². The first-order valence-electron chi connectivity index (χ1n) is 11.0. The SMILES string of the molecule is COC(=O)C1=C(C)NC2=C(C(=O)c3ccccc32)[C@@H]1c1cc(Br)ccc1OCc1ccccc1Cl. The number of Topliss-reactive ketones (excluding diaryl/α,β-unsaturated/α-hetero) is 1. The molecule has 0 fully saturated rings. The molecule has 0 aromatic heterocycles. The minimum absolute atomic E-state index is 0.126. The molecule has 0 unspecified atom stereocenters. The zero-order valence-electron chi connectivity index (χ0n) is 19.0. The number of rotatable bonds is 5. The number of halogens is 2. The molecule has 5 nitrogen and oxygen atoms in total. The monoisotopic (exact) mass is 549 g/mol. The van der Waals surface area contributed by atoms with E-state index in [2.05, 4.69) is 21.2 Å². The van der Waals surface area contributed by atoms with Gasteiger partial charge in [-0.15, -0.1) is 0 Å². The number of hydrogen-bond donors (Lipinski definition) is 1. The average Bonchev–Trinajstić information content (AvgIpc) is 3.14. The van der Waals surface area contributed by atoms with Crippen LogP contribution in [0.1, 0.15) is 39.9 Å². The van der Waals surface area contributed by atoms with E-state index in [1.54, 1.807) is 6.07 Å². The highest BCUT2D eigenvalue weighted by molar-refractivity contribution is 9.10. The van der Waals surface area contributed by atoms with Crippen molar-refractivity contribution in [3.05, 3.63) is 115 Å². The maximum Gasteiger partial charge on any atom is 0.336 e. The van der Waals surface area contributed by atoms with Crippen LogP contribution in [0, 0.1) is 0 Å². The molecule has 3 aromatic rings. The van der Waals surface area contributed by atoms with Gasteiger partial charge in [-0.05, 0) is 31.2 Å². The van der Waals surface area contributed by atoms with Gasteiger partial charge in [-0.1, -0.05) is 70.0 Å². The van der Waals surface area contributed by atoms with Crippen LogP contribution in [-0.2, 0) is 16.1 Å². The van der Waals surface area contributed by atoms with Gasteiger partial charge in [-0.2, -0.15) is 0 Å². The number of dihydropyridines is 1. The standard InChI is InChI=1S/C28H21BrClNO4/c1-15-23(28(33)34-2)24(25-26(31-15)18-8-4-5-9-19(18)27(25)32)20-13-17(29)11-12-22(20)35-14-16-7-3-6-10-21(16)30/h3-13,24,31H,14H2,1-2H3/t24-/m1/s1. The Balaban J connectivity index is 1.66. The molecule has 176 valence electrons. The minimum Gasteiger partial charge on any atom is -0.489 e. The third kappa shape index (κ3) is 4.07. The fourth-order valence-electron chi connectivity index (χ4n) is 4.67. The summed E-state index contributed by atoms with van der Waals surface area (Å²) in [7, 11) is 1.34. The molecule has 7 heteroatoms. The average molecular weight is 551 g/mol. The van der Waals surface area contributed by atoms with Crippen molar-refractivity contribution in [1.29, 1.82) is 0 Å². The molecule has 2 aliphatic rings. The number of benzene rings is 3. The summed E-state index contributed by atoms with van der Waals surface area (Å²) < 4.78 is 12.2. The maximum absolute atomic E-state index is 13.7. The largest absolute Gasteiger partial charge is 0.489 e. The number of hydrogen-bond acceptors (Lipinski definition) is 5. The van der Waals surface area contributed by atoms with Crippen molar-refractivity contribution in [3.8, 4) is 5.75 Å². The minimum atomic E-state index is -0.683. The lowest BCUT2D eigenvalue weighted by Gasteiger charge is -2.30. The first-order chi connectivity index (χ1) is 16.9. The van der Waals surface area contributed by atoms with Gasteiger partial charge >= 0.3 is 5.97 Å². The van der Waals surface area contributed by atoms with E-state index < -0.39 is 11.9 Å². The van der Waals surface area contributed by atoms with Crippen LogP contribution in [0.3, 0.4) is 0 Å². The van der Waals surface area contributed by atoms with Crippen molar-refractivity contribution < 1.29 is 19.1 Å². The summed E-state index contributed by atoms with van der Waals surface area (Å²) in [6.07, 6.45) is 0. The van der Waals surface area contributed by atoms with Gasteiger partial charge < -0.3 is 14.8 Å². The Morgan fingerprint density at radius 2 is 1.77 bits per heavy atom. The van der Waals surface area contributed by atoms with Crippen LogP contribution < -0.4 is 10.1 Å². The summed E-state index contributed by atoms with van der Waals surface area (Å²) in [5.74, 6) is -0.770. The third-order valence-electron chi connectivity index (χ3n) is 6.28. The summed E-state index contributed by atoms with van der Waals surface area (Å²) in [4.78, 5) is 26.7. The number of ketones is 1. The number of nitrogens with one attached hydrogen (secondary N) is 1. The zero-order chi connectivity index (χ0) is 24.7. The van der Waals surface area contributed by atoms with E-state index in [0.717, 1.165) is 15.6 Å². The Kier molecular flexibility index (Phi) is 6.26. The van der Waals surface area contributed by atoms with E-state index in [1.165, 1.54) is 7.11 Å². The molecule has 0 spiro atoms. The van der Waals surface area contributed by atoms with E-state index in [0.29, 0.717) is 44.4 Å². The summed E-state index contributed by atoms with van der Waals surface area (Å²) in [6, 6.07) is 20.5. The Morgan fingerprint density at radius 3 is 2.51 bits per heavy atom. The highest BCUT2D eigenvalue weighted by atomic mass is 79.9. The van der Waals surface area contributed by atoms with E-state index >= 15 is 0 Å². The van der Waals surface area contributed by atoms with Crippen molar-refractivity contribution in [2.45, 2.75) is 19.4 Å². The second-order valence-corrected chi connectivity index (χ2v) is 9.64. The Hall–Kier alpha value is -3.35. The Labute approximate surface area is 216 Å². The molecule has 1 aliphatic carbocycles. The number of methoxy groups -OCH3 is 1. The van der Waals surface area contributed by atoms with Gasteiger partial charge in [-0.25, -0.2) is 4.79 Å². The first-order valence-corrected chi connectivity index (χ1v) is 12.2. The van der Waals surface area contributed by atoms with Crippen molar-refractivity contribution in [3.63, 3.8) is 0 Å². The fraction of sp³-hybridized carbons (Fsp3) is 0.143. The molecule has 1 heterocycles. The summed E-state index contributed by atoms with van der Waals surface area (Å²) in [5, 5.41) is 3.90. The van der Waals surface area contributed by atoms with Crippen molar-refractivity contribution in [2.24, 2.45) is 0 Å². The Bertz CT molecular complexity index is 1440. The molecule has 35 heavy (non-hydrogen) atoms. The van der Waals surface area contributed by atoms with Crippen molar-refractivity contribution in [1.82, 2.24) is 5.32 Å². The molecular weight excluding hydrogens is 530 g/mol. The zero-order valence-corrected chi connectivity index (χ0v) is 21.4. The van der Waals surface area contributed by atoms with E-state index in [1.807, 2.05) is 67.6 Å². The summed E-state index contributed by atoms with van der Waals surface area (Å²) in [6.45, 7) is 2.05. The molecule has 0 saturated carbocycles. The van der Waals surface area contributed by atoms with Crippen LogP contribution in [-0.4, -0.2) is 18.9 Å². The highest BCUT2D eigenvalue weighted by Gasteiger charge is 2.43. The molecule has 1 aliphatic heterocycles. The van der Waals surface area contributed by atoms with E-state index in [-0.39, 0.29) is 12.4 Å². The highest BCUT2D eigenvalue weighted by Crippen LogP contribution is 2.49. The Morgan fingerprint density at radius 1 is 1.06 bits per heavy atom. The number of carbonyl (C=O) groups excluding carboxylic acids is 2. The molecule has 0 radical (unpaired) electrons. The molecule has 1 atom stereocenters. The third-order valence-corrected chi connectivity index (χ3v) is 7.14. The van der Waals surface area contributed by atoms with E-state index in [4.69, 9.17) is 21.1 Å². The maximum atomic E-state index is 13.7. The summed E-state index contributed by atoms with van der Waals surface area (Å²) >= 11 is 9.88. The number of esters is 1. The lowest BCUT2D eigenvalue weighted by atomic mass is 9.79. The van der Waals surface area contributed by atoms with Crippen molar-refractivity contribution in [2.75, 3.05) is 7.11 Å². The molecule has 1 N–H and O–H groups in total. The normalized spacial score (nSPS) is 16.6. The van der Waals surface area contributed by atoms with Crippen molar-refractivity contribution >= 4 is 45.0 Å². The first kappa shape index (κ1) is 23.4. The van der Waals surface area contributed by atoms with Crippen LogP contribution in [0.5, 0.6) is 5.75 Å². The number of carbonyl (C=O) groups is 2. The molecule has 5 rings (SSSR count). The summed E-state index contributed by atoms with van der Waals surface area (Å²) in [5.41, 5.74) is 5.13. The van der Waals surface area contributed by atoms with Gasteiger partial charge in [0.05, 0.1) is 24.3 Å². The molecular formula is C28H21BrClNO4. The van der Waals surface area contributed by atoms with Crippen LogP contribution >= 0.6 is 27.5 Å². The van der Waals surface area contributed by atoms with Crippen LogP contribution in [0.2, 0.25) is 5.02 Å². The lowest BCUT2D eigenvalue weighted by molar-refractivity contribution is -0.136. The van der Waals surface area contributed by atoms with E-state index in [9.17, 15) is 9.59 Å². The van der Waals surface area contributed by atoms with Gasteiger partial charge in [0.25, 0.3) is 0 Å². The predicted molar refractivity (Wildman–Crippen MR) is 138 cm³/mol. The second-order valence-electron chi connectivity index (χ2n) is 8.31.